The van der Waals surface area contributed by atoms with Crippen LogP contribution >= 0.6 is 12.6 Å². The minimum Gasteiger partial charge on any atom is -0.264 e. The molecule has 3 rings (SSSR count). The quantitative estimate of drug-likeness (QED) is 0.593. The van der Waals surface area contributed by atoms with Crippen LogP contribution in [0, 0.1) is 0 Å². The zero-order valence-corrected chi connectivity index (χ0v) is 11.4. The van der Waals surface area contributed by atoms with Gasteiger partial charge in [-0.15, -0.1) is 22.8 Å². The summed E-state index contributed by atoms with van der Waals surface area (Å²) in [5, 5.41) is 12.8. The minimum atomic E-state index is 0.427. The average Bonchev–Trinajstić information content (AvgIpc) is 2.88. The molecule has 0 saturated heterocycles. The fourth-order valence-corrected chi connectivity index (χ4v) is 1.91. The third kappa shape index (κ3) is 2.60. The highest BCUT2D eigenvalue weighted by Crippen LogP contribution is 2.18. The van der Waals surface area contributed by atoms with Gasteiger partial charge in [-0.2, -0.15) is 9.78 Å². The van der Waals surface area contributed by atoms with Crippen molar-refractivity contribution in [1.82, 2.24) is 19.9 Å². The van der Waals surface area contributed by atoms with Crippen molar-refractivity contribution in [3.05, 3.63) is 60.4 Å². The van der Waals surface area contributed by atoms with E-state index in [1.54, 1.807) is 23.3 Å². The van der Waals surface area contributed by atoms with Crippen molar-refractivity contribution in [1.29, 1.82) is 0 Å². The number of nitrogens with zero attached hydrogens (tertiary/aromatic N) is 5. The van der Waals surface area contributed by atoms with Crippen LogP contribution in [0.25, 0.3) is 11.4 Å². The molecule has 0 spiro atoms. The fourth-order valence-electron chi connectivity index (χ4n) is 1.72. The number of pyridine rings is 1. The number of hydrogen-bond donors (Lipinski definition) is 1. The highest BCUT2D eigenvalue weighted by Gasteiger charge is 2.10. The monoisotopic (exact) mass is 281 g/mol. The Bertz CT molecular complexity index is 722. The third-order valence-corrected chi connectivity index (χ3v) is 2.94. The van der Waals surface area contributed by atoms with Crippen LogP contribution in [-0.4, -0.2) is 26.1 Å². The molecule has 2 aromatic heterocycles. The first-order valence-corrected chi connectivity index (χ1v) is 6.43. The molecule has 98 valence electrons. The Morgan fingerprint density at radius 2 is 1.90 bits per heavy atom. The molecule has 0 N–H and O–H groups in total. The lowest BCUT2D eigenvalue weighted by molar-refractivity contribution is 0.776. The van der Waals surface area contributed by atoms with E-state index in [0.717, 1.165) is 11.1 Å². The van der Waals surface area contributed by atoms with E-state index in [0.29, 0.717) is 11.0 Å². The van der Waals surface area contributed by atoms with E-state index in [1.807, 2.05) is 42.5 Å². The van der Waals surface area contributed by atoms with Crippen LogP contribution in [0.2, 0.25) is 0 Å². The van der Waals surface area contributed by atoms with Crippen LogP contribution in [0.4, 0.5) is 0 Å². The molecule has 0 amide bonds. The van der Waals surface area contributed by atoms with Crippen molar-refractivity contribution in [2.24, 2.45) is 5.10 Å². The third-order valence-electron chi connectivity index (χ3n) is 2.67. The van der Waals surface area contributed by atoms with Crippen molar-refractivity contribution in [3.63, 3.8) is 0 Å². The average molecular weight is 281 g/mol. The van der Waals surface area contributed by atoms with Gasteiger partial charge in [0.05, 0.1) is 6.21 Å². The summed E-state index contributed by atoms with van der Waals surface area (Å²) in [5.74, 6) is 0.607. The first kappa shape index (κ1) is 12.6. The SMILES string of the molecule is Sc1nnc(-c2cccnc2)n1N=Cc1ccccc1. The lowest BCUT2D eigenvalue weighted by Crippen LogP contribution is -1.95. The number of hydrogen-bond acceptors (Lipinski definition) is 5. The zero-order valence-electron chi connectivity index (χ0n) is 10.5. The Morgan fingerprint density at radius 3 is 2.65 bits per heavy atom. The van der Waals surface area contributed by atoms with Gasteiger partial charge in [-0.05, 0) is 17.7 Å². The van der Waals surface area contributed by atoms with E-state index in [-0.39, 0.29) is 0 Å². The number of benzene rings is 1. The van der Waals surface area contributed by atoms with Crippen LogP contribution in [0.1, 0.15) is 5.56 Å². The molecule has 3 aromatic rings. The number of aromatic nitrogens is 4. The van der Waals surface area contributed by atoms with Crippen LogP contribution in [0.15, 0.2) is 65.1 Å². The van der Waals surface area contributed by atoms with Gasteiger partial charge in [0.2, 0.25) is 5.16 Å². The molecule has 0 aliphatic heterocycles. The Balaban J connectivity index is 1.98. The van der Waals surface area contributed by atoms with E-state index < -0.39 is 0 Å². The molecule has 20 heavy (non-hydrogen) atoms. The molecule has 1 aromatic carbocycles. The molecule has 0 radical (unpaired) electrons. The van der Waals surface area contributed by atoms with E-state index >= 15 is 0 Å². The van der Waals surface area contributed by atoms with Gasteiger partial charge in [0, 0.05) is 18.0 Å². The first-order chi connectivity index (χ1) is 9.84. The zero-order chi connectivity index (χ0) is 13.8. The maximum Gasteiger partial charge on any atom is 0.209 e. The molecule has 2 heterocycles. The second-order valence-electron chi connectivity index (χ2n) is 4.03. The molecular weight excluding hydrogens is 270 g/mol. The Hall–Kier alpha value is -2.47. The van der Waals surface area contributed by atoms with Gasteiger partial charge in [0.1, 0.15) is 0 Å². The Labute approximate surface area is 121 Å². The Morgan fingerprint density at radius 1 is 1.05 bits per heavy atom. The summed E-state index contributed by atoms with van der Waals surface area (Å²) in [6.07, 6.45) is 5.16. The molecule has 0 aliphatic carbocycles. The minimum absolute atomic E-state index is 0.427. The van der Waals surface area contributed by atoms with E-state index in [2.05, 4.69) is 32.9 Å². The van der Waals surface area contributed by atoms with Crippen molar-refractivity contribution >= 4 is 18.8 Å². The predicted octanol–water partition coefficient (Wildman–Crippen LogP) is 2.51. The summed E-state index contributed by atoms with van der Waals surface area (Å²) in [4.78, 5) is 4.07. The van der Waals surface area contributed by atoms with Crippen LogP contribution in [0.5, 0.6) is 0 Å². The van der Waals surface area contributed by atoms with Crippen molar-refractivity contribution in [3.8, 4) is 11.4 Å². The topological polar surface area (TPSA) is 56.0 Å². The second-order valence-corrected chi connectivity index (χ2v) is 4.43. The van der Waals surface area contributed by atoms with Gasteiger partial charge in [-0.3, -0.25) is 4.98 Å². The summed E-state index contributed by atoms with van der Waals surface area (Å²) in [7, 11) is 0. The van der Waals surface area contributed by atoms with Crippen molar-refractivity contribution in [2.75, 3.05) is 0 Å². The smallest absolute Gasteiger partial charge is 0.209 e. The summed E-state index contributed by atoms with van der Waals surface area (Å²) >= 11 is 4.27. The normalized spacial score (nSPS) is 11.1. The number of rotatable bonds is 3. The summed E-state index contributed by atoms with van der Waals surface area (Å²) < 4.78 is 1.58. The molecule has 0 unspecified atom stereocenters. The Kier molecular flexibility index (Phi) is 3.56. The maximum absolute atomic E-state index is 4.37. The maximum atomic E-state index is 4.37. The molecule has 0 atom stereocenters. The largest absolute Gasteiger partial charge is 0.264 e. The first-order valence-electron chi connectivity index (χ1n) is 5.99. The lowest BCUT2D eigenvalue weighted by Gasteiger charge is -2.01. The van der Waals surface area contributed by atoms with Crippen LogP contribution < -0.4 is 0 Å². The molecule has 0 fully saturated rings. The van der Waals surface area contributed by atoms with Gasteiger partial charge >= 0.3 is 0 Å². The molecule has 5 nitrogen and oxygen atoms in total. The highest BCUT2D eigenvalue weighted by molar-refractivity contribution is 7.80. The highest BCUT2D eigenvalue weighted by atomic mass is 32.1. The van der Waals surface area contributed by atoms with Crippen molar-refractivity contribution in [2.45, 2.75) is 5.16 Å². The predicted molar refractivity (Wildman–Crippen MR) is 79.9 cm³/mol. The van der Waals surface area contributed by atoms with Gasteiger partial charge in [-0.1, -0.05) is 30.3 Å². The molecule has 6 heteroatoms. The summed E-state index contributed by atoms with van der Waals surface area (Å²) in [5.41, 5.74) is 1.83. The van der Waals surface area contributed by atoms with Gasteiger partial charge in [-0.25, -0.2) is 0 Å². The van der Waals surface area contributed by atoms with Gasteiger partial charge in [0.25, 0.3) is 0 Å². The van der Waals surface area contributed by atoms with Crippen molar-refractivity contribution < 1.29 is 0 Å². The fraction of sp³-hybridized carbons (Fsp3) is 0. The van der Waals surface area contributed by atoms with Gasteiger partial charge in [0.15, 0.2) is 5.82 Å². The molecule has 0 bridgehead atoms. The van der Waals surface area contributed by atoms with Crippen LogP contribution in [0.3, 0.4) is 0 Å². The second kappa shape index (κ2) is 5.66. The molecular formula is C14H11N5S. The number of thiol groups is 1. The molecule has 0 aliphatic rings. The van der Waals surface area contributed by atoms with E-state index in [9.17, 15) is 0 Å². The summed E-state index contributed by atoms with van der Waals surface area (Å²) in [6, 6.07) is 13.5. The van der Waals surface area contributed by atoms with Gasteiger partial charge < -0.3 is 0 Å². The standard InChI is InChI=1S/C14H11N5S/c20-14-18-17-13(12-7-4-8-15-10-12)19(14)16-9-11-5-2-1-3-6-11/h1-10H,(H,18,20). The summed E-state index contributed by atoms with van der Waals surface area (Å²) in [6.45, 7) is 0. The van der Waals surface area contributed by atoms with Crippen LogP contribution in [-0.2, 0) is 0 Å². The molecule has 0 saturated carbocycles. The van der Waals surface area contributed by atoms with E-state index in [4.69, 9.17) is 0 Å². The lowest BCUT2D eigenvalue weighted by atomic mass is 10.2. The van der Waals surface area contributed by atoms with E-state index in [1.165, 1.54) is 0 Å².